The second kappa shape index (κ2) is 7.70. The summed E-state index contributed by atoms with van der Waals surface area (Å²) in [7, 11) is 0. The summed E-state index contributed by atoms with van der Waals surface area (Å²) < 4.78 is 5.13. The Kier molecular flexibility index (Phi) is 6.25. The molecule has 0 unspecified atom stereocenters. The predicted molar refractivity (Wildman–Crippen MR) is 80.5 cm³/mol. The van der Waals surface area contributed by atoms with Gasteiger partial charge in [0, 0.05) is 13.2 Å². The van der Waals surface area contributed by atoms with Gasteiger partial charge in [-0.2, -0.15) is 0 Å². The van der Waals surface area contributed by atoms with Gasteiger partial charge in [-0.1, -0.05) is 36.4 Å². The van der Waals surface area contributed by atoms with Gasteiger partial charge in [-0.25, -0.2) is 4.79 Å². The summed E-state index contributed by atoms with van der Waals surface area (Å²) in [6.07, 6.45) is 4.05. The van der Waals surface area contributed by atoms with Crippen LogP contribution in [0.25, 0.3) is 6.08 Å². The van der Waals surface area contributed by atoms with Gasteiger partial charge in [-0.15, -0.1) is 0 Å². The van der Waals surface area contributed by atoms with E-state index in [1.807, 2.05) is 57.2 Å². The van der Waals surface area contributed by atoms with Crippen LogP contribution >= 0.6 is 0 Å². The van der Waals surface area contributed by atoms with Crippen molar-refractivity contribution in [3.63, 3.8) is 0 Å². The van der Waals surface area contributed by atoms with Crippen LogP contribution in [-0.4, -0.2) is 30.0 Å². The molecule has 0 aromatic heterocycles. The monoisotopic (exact) mass is 277 g/mol. The molecule has 110 valence electrons. The largest absolute Gasteiger partial charge is 0.444 e. The highest BCUT2D eigenvalue weighted by molar-refractivity contribution is 5.68. The lowest BCUT2D eigenvalue weighted by atomic mass is 10.1. The summed E-state index contributed by atoms with van der Waals surface area (Å²) in [5, 5.41) is 11.5. The first-order valence-electron chi connectivity index (χ1n) is 6.74. The van der Waals surface area contributed by atoms with E-state index in [0.717, 1.165) is 11.1 Å². The summed E-state index contributed by atoms with van der Waals surface area (Å²) in [4.78, 5) is 11.4. The van der Waals surface area contributed by atoms with Crippen molar-refractivity contribution in [1.29, 1.82) is 0 Å². The van der Waals surface area contributed by atoms with E-state index in [1.165, 1.54) is 0 Å². The van der Waals surface area contributed by atoms with Crippen LogP contribution in [0, 0.1) is 0 Å². The van der Waals surface area contributed by atoms with Crippen molar-refractivity contribution in [3.8, 4) is 0 Å². The highest BCUT2D eigenvalue weighted by atomic mass is 16.6. The van der Waals surface area contributed by atoms with Gasteiger partial charge in [-0.05, 0) is 38.3 Å². The molecule has 2 N–H and O–H groups in total. The normalized spacial score (nSPS) is 11.6. The number of carbonyl (C=O) groups excluding carboxylic acids is 1. The predicted octanol–water partition coefficient (Wildman–Crippen LogP) is 2.76. The van der Waals surface area contributed by atoms with E-state index in [2.05, 4.69) is 5.32 Å². The highest BCUT2D eigenvalue weighted by Gasteiger charge is 2.14. The molecule has 0 aliphatic heterocycles. The van der Waals surface area contributed by atoms with Gasteiger partial charge in [0.15, 0.2) is 0 Å². The van der Waals surface area contributed by atoms with Crippen molar-refractivity contribution in [1.82, 2.24) is 5.32 Å². The summed E-state index contributed by atoms with van der Waals surface area (Å²) in [5.41, 5.74) is 1.69. The summed E-state index contributed by atoms with van der Waals surface area (Å²) in [6, 6.07) is 7.93. The number of rotatable bonds is 5. The SMILES string of the molecule is CC(C)(C)OC(=O)NCC=Cc1ccc(CCO)cc1. The Hall–Kier alpha value is -1.81. The molecule has 0 aliphatic carbocycles. The molecule has 1 aromatic carbocycles. The molecule has 1 aromatic rings. The Balaban J connectivity index is 2.36. The standard InChI is InChI=1S/C16H23NO3/c1-16(2,3)20-15(19)17-11-4-5-13-6-8-14(9-7-13)10-12-18/h4-9,18H,10-12H2,1-3H3,(H,17,19). The fourth-order valence-electron chi connectivity index (χ4n) is 1.58. The van der Waals surface area contributed by atoms with Crippen molar-refractivity contribution >= 4 is 12.2 Å². The van der Waals surface area contributed by atoms with Gasteiger partial charge in [0.2, 0.25) is 0 Å². The fraction of sp³-hybridized carbons (Fsp3) is 0.438. The fourth-order valence-corrected chi connectivity index (χ4v) is 1.58. The minimum Gasteiger partial charge on any atom is -0.444 e. The first-order chi connectivity index (χ1) is 9.40. The van der Waals surface area contributed by atoms with Crippen molar-refractivity contribution in [2.24, 2.45) is 0 Å². The number of carbonyl (C=O) groups is 1. The lowest BCUT2D eigenvalue weighted by molar-refractivity contribution is 0.0534. The Morgan fingerprint density at radius 2 is 1.95 bits per heavy atom. The van der Waals surface area contributed by atoms with Crippen LogP contribution in [0.5, 0.6) is 0 Å². The lowest BCUT2D eigenvalue weighted by Gasteiger charge is -2.19. The van der Waals surface area contributed by atoms with Crippen LogP contribution in [-0.2, 0) is 11.2 Å². The maximum Gasteiger partial charge on any atom is 0.407 e. The molecule has 0 heterocycles. The molecule has 0 saturated heterocycles. The molecular formula is C16H23NO3. The zero-order chi connectivity index (χ0) is 15.0. The molecule has 0 atom stereocenters. The molecule has 0 bridgehead atoms. The van der Waals surface area contributed by atoms with Gasteiger partial charge < -0.3 is 15.2 Å². The number of hydrogen-bond donors (Lipinski definition) is 2. The van der Waals surface area contributed by atoms with E-state index in [0.29, 0.717) is 13.0 Å². The zero-order valence-electron chi connectivity index (χ0n) is 12.3. The number of ether oxygens (including phenoxy) is 1. The van der Waals surface area contributed by atoms with Crippen molar-refractivity contribution in [2.75, 3.05) is 13.2 Å². The quantitative estimate of drug-likeness (QED) is 0.870. The number of amides is 1. The molecule has 4 nitrogen and oxygen atoms in total. The molecule has 0 aliphatic rings. The zero-order valence-corrected chi connectivity index (χ0v) is 12.3. The second-order valence-electron chi connectivity index (χ2n) is 5.50. The van der Waals surface area contributed by atoms with Crippen LogP contribution in [0.15, 0.2) is 30.3 Å². The van der Waals surface area contributed by atoms with Crippen LogP contribution in [0.4, 0.5) is 4.79 Å². The van der Waals surface area contributed by atoms with E-state index in [-0.39, 0.29) is 6.61 Å². The number of hydrogen-bond acceptors (Lipinski definition) is 3. The van der Waals surface area contributed by atoms with Gasteiger partial charge in [0.25, 0.3) is 0 Å². The van der Waals surface area contributed by atoms with Crippen LogP contribution in [0.1, 0.15) is 31.9 Å². The van der Waals surface area contributed by atoms with Crippen LogP contribution in [0.2, 0.25) is 0 Å². The van der Waals surface area contributed by atoms with E-state index >= 15 is 0 Å². The van der Waals surface area contributed by atoms with Crippen molar-refractivity contribution < 1.29 is 14.6 Å². The third kappa shape index (κ3) is 6.95. The number of aliphatic hydroxyl groups is 1. The minimum atomic E-state index is -0.476. The van der Waals surface area contributed by atoms with Gasteiger partial charge in [0.1, 0.15) is 5.60 Å². The third-order valence-corrected chi connectivity index (χ3v) is 2.45. The number of benzene rings is 1. The van der Waals surface area contributed by atoms with E-state index in [4.69, 9.17) is 9.84 Å². The molecule has 4 heteroatoms. The average molecular weight is 277 g/mol. The molecule has 0 fully saturated rings. The summed E-state index contributed by atoms with van der Waals surface area (Å²) >= 11 is 0. The molecule has 0 spiro atoms. The maximum absolute atomic E-state index is 11.4. The number of alkyl carbamates (subject to hydrolysis) is 1. The molecular weight excluding hydrogens is 254 g/mol. The first-order valence-corrected chi connectivity index (χ1v) is 6.74. The molecule has 1 rings (SSSR count). The lowest BCUT2D eigenvalue weighted by Crippen LogP contribution is -2.32. The summed E-state index contributed by atoms with van der Waals surface area (Å²) in [6.45, 7) is 6.07. The van der Waals surface area contributed by atoms with E-state index < -0.39 is 11.7 Å². The van der Waals surface area contributed by atoms with Gasteiger partial charge in [-0.3, -0.25) is 0 Å². The molecule has 1 amide bonds. The number of aliphatic hydroxyl groups excluding tert-OH is 1. The Labute approximate surface area is 120 Å². The smallest absolute Gasteiger partial charge is 0.407 e. The number of nitrogens with one attached hydrogen (secondary N) is 1. The average Bonchev–Trinajstić information content (AvgIpc) is 2.35. The third-order valence-electron chi connectivity index (χ3n) is 2.45. The Morgan fingerprint density at radius 1 is 1.30 bits per heavy atom. The van der Waals surface area contributed by atoms with E-state index in [9.17, 15) is 4.79 Å². The minimum absolute atomic E-state index is 0.162. The van der Waals surface area contributed by atoms with Crippen molar-refractivity contribution in [2.45, 2.75) is 32.8 Å². The van der Waals surface area contributed by atoms with Crippen LogP contribution < -0.4 is 5.32 Å². The van der Waals surface area contributed by atoms with Crippen molar-refractivity contribution in [3.05, 3.63) is 41.5 Å². The highest BCUT2D eigenvalue weighted by Crippen LogP contribution is 2.07. The van der Waals surface area contributed by atoms with E-state index in [1.54, 1.807) is 0 Å². The Morgan fingerprint density at radius 3 is 2.50 bits per heavy atom. The van der Waals surface area contributed by atoms with Crippen LogP contribution in [0.3, 0.4) is 0 Å². The topological polar surface area (TPSA) is 58.6 Å². The summed E-state index contributed by atoms with van der Waals surface area (Å²) in [5.74, 6) is 0. The van der Waals surface area contributed by atoms with Gasteiger partial charge >= 0.3 is 6.09 Å². The maximum atomic E-state index is 11.4. The molecule has 0 radical (unpaired) electrons. The first kappa shape index (κ1) is 16.2. The second-order valence-corrected chi connectivity index (χ2v) is 5.50. The Bertz CT molecular complexity index is 444. The molecule has 20 heavy (non-hydrogen) atoms. The molecule has 0 saturated carbocycles. The van der Waals surface area contributed by atoms with Gasteiger partial charge in [0.05, 0.1) is 0 Å².